The summed E-state index contributed by atoms with van der Waals surface area (Å²) < 4.78 is 10.9. The van der Waals surface area contributed by atoms with Gasteiger partial charge in [0, 0.05) is 17.3 Å². The molecule has 0 spiro atoms. The Morgan fingerprint density at radius 1 is 1.29 bits per heavy atom. The molecule has 1 atom stereocenters. The molecule has 2 aromatic heterocycles. The summed E-state index contributed by atoms with van der Waals surface area (Å²) in [6.07, 6.45) is 0.721. The van der Waals surface area contributed by atoms with Gasteiger partial charge in [-0.2, -0.15) is 4.98 Å². The molecule has 0 aliphatic heterocycles. The largest absolute Gasteiger partial charge is 0.495 e. The molecule has 0 bridgehead atoms. The first-order chi connectivity index (χ1) is 11.2. The molecule has 0 fully saturated rings. The standard InChI is InChI=1S/C17H19N3O2S.ClH/c1-11(18-2)9-15-19-17(22-20-15)16-13(21-3)10-14(23-16)12-7-5-4-6-8-12;/h4-8,10-11,18H,9H2,1-3H3;1H. The van der Waals surface area contributed by atoms with E-state index in [2.05, 4.69) is 34.5 Å². The molecule has 3 aromatic rings. The maximum atomic E-state index is 5.48. The van der Waals surface area contributed by atoms with Gasteiger partial charge in [0.1, 0.15) is 10.6 Å². The molecule has 0 saturated heterocycles. The van der Waals surface area contributed by atoms with Crippen LogP contribution in [0.4, 0.5) is 0 Å². The average molecular weight is 366 g/mol. The summed E-state index contributed by atoms with van der Waals surface area (Å²) in [5.74, 6) is 1.96. The Kier molecular flexibility index (Phi) is 6.36. The van der Waals surface area contributed by atoms with Gasteiger partial charge in [-0.05, 0) is 25.6 Å². The summed E-state index contributed by atoms with van der Waals surface area (Å²) in [5, 5.41) is 7.23. The molecule has 0 saturated carbocycles. The topological polar surface area (TPSA) is 60.2 Å². The maximum Gasteiger partial charge on any atom is 0.271 e. The van der Waals surface area contributed by atoms with E-state index in [1.54, 1.807) is 18.4 Å². The van der Waals surface area contributed by atoms with Gasteiger partial charge in [-0.15, -0.1) is 23.7 Å². The Hall–Kier alpha value is -1.89. The molecule has 24 heavy (non-hydrogen) atoms. The van der Waals surface area contributed by atoms with Crippen molar-refractivity contribution in [1.82, 2.24) is 15.5 Å². The van der Waals surface area contributed by atoms with Crippen LogP contribution in [-0.2, 0) is 6.42 Å². The number of halogens is 1. The lowest BCUT2D eigenvalue weighted by Crippen LogP contribution is -2.24. The van der Waals surface area contributed by atoms with Crippen LogP contribution in [0.15, 0.2) is 40.9 Å². The zero-order valence-electron chi connectivity index (χ0n) is 13.8. The minimum absolute atomic E-state index is 0. The van der Waals surface area contributed by atoms with Gasteiger partial charge in [-0.25, -0.2) is 0 Å². The van der Waals surface area contributed by atoms with Gasteiger partial charge in [0.2, 0.25) is 0 Å². The minimum Gasteiger partial charge on any atom is -0.495 e. The first-order valence-electron chi connectivity index (χ1n) is 7.44. The number of hydrogen-bond donors (Lipinski definition) is 1. The highest BCUT2D eigenvalue weighted by atomic mass is 35.5. The molecule has 1 unspecified atom stereocenters. The number of methoxy groups -OCH3 is 1. The van der Waals surface area contributed by atoms with Crippen LogP contribution in [0.2, 0.25) is 0 Å². The van der Waals surface area contributed by atoms with Crippen LogP contribution in [0.25, 0.3) is 21.2 Å². The van der Waals surface area contributed by atoms with Crippen molar-refractivity contribution in [3.63, 3.8) is 0 Å². The third-order valence-electron chi connectivity index (χ3n) is 3.62. The van der Waals surface area contributed by atoms with E-state index in [1.165, 1.54) is 0 Å². The molecule has 3 rings (SSSR count). The second-order valence-corrected chi connectivity index (χ2v) is 6.34. The lowest BCUT2D eigenvalue weighted by Gasteiger charge is -2.04. The van der Waals surface area contributed by atoms with Crippen LogP contribution in [0.3, 0.4) is 0 Å². The zero-order chi connectivity index (χ0) is 16.2. The Bertz CT molecular complexity index is 773. The molecule has 7 heteroatoms. The Morgan fingerprint density at radius 3 is 2.71 bits per heavy atom. The van der Waals surface area contributed by atoms with E-state index >= 15 is 0 Å². The van der Waals surface area contributed by atoms with Crippen molar-refractivity contribution in [3.8, 4) is 27.0 Å². The van der Waals surface area contributed by atoms with Gasteiger partial charge >= 0.3 is 0 Å². The van der Waals surface area contributed by atoms with E-state index in [-0.39, 0.29) is 12.4 Å². The van der Waals surface area contributed by atoms with Crippen LogP contribution in [0.5, 0.6) is 5.75 Å². The van der Waals surface area contributed by atoms with E-state index in [1.807, 2.05) is 31.3 Å². The number of aromatic nitrogens is 2. The lowest BCUT2D eigenvalue weighted by molar-refractivity contribution is 0.403. The van der Waals surface area contributed by atoms with Gasteiger partial charge in [-0.1, -0.05) is 35.5 Å². The molecular weight excluding hydrogens is 346 g/mol. The molecule has 0 aliphatic carbocycles. The number of hydrogen-bond acceptors (Lipinski definition) is 6. The van der Waals surface area contributed by atoms with Crippen molar-refractivity contribution < 1.29 is 9.26 Å². The molecule has 2 heterocycles. The van der Waals surface area contributed by atoms with Crippen molar-refractivity contribution in [1.29, 1.82) is 0 Å². The fraction of sp³-hybridized carbons (Fsp3) is 0.294. The molecule has 1 N–H and O–H groups in total. The number of likely N-dealkylation sites (N-methyl/N-ethyl adjacent to an activating group) is 1. The van der Waals surface area contributed by atoms with Crippen molar-refractivity contribution in [2.75, 3.05) is 14.2 Å². The van der Waals surface area contributed by atoms with Gasteiger partial charge in [-0.3, -0.25) is 0 Å². The molecule has 0 aliphatic rings. The third-order valence-corrected chi connectivity index (χ3v) is 4.77. The normalized spacial score (nSPS) is 11.8. The van der Waals surface area contributed by atoms with Crippen LogP contribution in [-0.4, -0.2) is 30.3 Å². The highest BCUT2D eigenvalue weighted by Gasteiger charge is 2.19. The fourth-order valence-corrected chi connectivity index (χ4v) is 3.28. The van der Waals surface area contributed by atoms with E-state index in [9.17, 15) is 0 Å². The van der Waals surface area contributed by atoms with Crippen LogP contribution in [0.1, 0.15) is 12.7 Å². The minimum atomic E-state index is 0. The van der Waals surface area contributed by atoms with Gasteiger partial charge in [0.25, 0.3) is 5.89 Å². The van der Waals surface area contributed by atoms with Crippen molar-refractivity contribution in [2.24, 2.45) is 0 Å². The van der Waals surface area contributed by atoms with Crippen molar-refractivity contribution in [3.05, 3.63) is 42.2 Å². The predicted octanol–water partition coefficient (Wildman–Crippen LogP) is 4.05. The second kappa shape index (κ2) is 8.28. The van der Waals surface area contributed by atoms with Crippen LogP contribution in [0, 0.1) is 0 Å². The van der Waals surface area contributed by atoms with E-state index in [0.29, 0.717) is 17.8 Å². The summed E-state index contributed by atoms with van der Waals surface area (Å²) >= 11 is 1.59. The first-order valence-corrected chi connectivity index (χ1v) is 8.26. The molecule has 0 radical (unpaired) electrons. The highest BCUT2D eigenvalue weighted by molar-refractivity contribution is 7.19. The number of nitrogens with one attached hydrogen (secondary N) is 1. The Morgan fingerprint density at radius 2 is 2.04 bits per heavy atom. The summed E-state index contributed by atoms with van der Waals surface area (Å²) in [6.45, 7) is 2.08. The summed E-state index contributed by atoms with van der Waals surface area (Å²) in [4.78, 5) is 6.47. The molecule has 1 aromatic carbocycles. The molecule has 0 amide bonds. The SMILES string of the molecule is CNC(C)Cc1noc(-c2sc(-c3ccccc3)cc2OC)n1.Cl. The highest BCUT2D eigenvalue weighted by Crippen LogP contribution is 2.42. The number of thiophene rings is 1. The van der Waals surface area contributed by atoms with E-state index in [4.69, 9.17) is 9.26 Å². The molecular formula is C17H20ClN3O2S. The van der Waals surface area contributed by atoms with Gasteiger partial charge in [0.05, 0.1) is 7.11 Å². The average Bonchev–Trinajstić information content (AvgIpc) is 3.21. The maximum absolute atomic E-state index is 5.48. The molecule has 5 nitrogen and oxygen atoms in total. The fourth-order valence-electron chi connectivity index (χ4n) is 2.22. The lowest BCUT2D eigenvalue weighted by atomic mass is 10.2. The summed E-state index contributed by atoms with van der Waals surface area (Å²) in [7, 11) is 3.57. The quantitative estimate of drug-likeness (QED) is 0.714. The summed E-state index contributed by atoms with van der Waals surface area (Å²) in [6, 6.07) is 12.5. The molecule has 128 valence electrons. The van der Waals surface area contributed by atoms with Gasteiger partial charge in [0.15, 0.2) is 5.82 Å². The van der Waals surface area contributed by atoms with Crippen LogP contribution < -0.4 is 10.1 Å². The number of ether oxygens (including phenoxy) is 1. The van der Waals surface area contributed by atoms with Gasteiger partial charge < -0.3 is 14.6 Å². The third kappa shape index (κ3) is 3.95. The predicted molar refractivity (Wildman–Crippen MR) is 99.1 cm³/mol. The zero-order valence-corrected chi connectivity index (χ0v) is 15.4. The Balaban J connectivity index is 0.00000208. The van der Waals surface area contributed by atoms with E-state index < -0.39 is 0 Å². The first kappa shape index (κ1) is 18.4. The smallest absolute Gasteiger partial charge is 0.271 e. The second-order valence-electron chi connectivity index (χ2n) is 5.28. The number of rotatable bonds is 6. The van der Waals surface area contributed by atoms with Crippen molar-refractivity contribution >= 4 is 23.7 Å². The van der Waals surface area contributed by atoms with Crippen LogP contribution >= 0.6 is 23.7 Å². The Labute approximate surface area is 151 Å². The summed E-state index contributed by atoms with van der Waals surface area (Å²) in [5.41, 5.74) is 1.14. The van der Waals surface area contributed by atoms with Crippen molar-refractivity contribution in [2.45, 2.75) is 19.4 Å². The van der Waals surface area contributed by atoms with E-state index in [0.717, 1.165) is 27.5 Å². The number of nitrogens with zero attached hydrogens (tertiary/aromatic N) is 2. The monoisotopic (exact) mass is 365 g/mol. The number of benzene rings is 1.